The normalized spacial score (nSPS) is 16.4. The molecule has 1 aliphatic heterocycles. The first-order valence-electron chi connectivity index (χ1n) is 7.96. The van der Waals surface area contributed by atoms with E-state index in [-0.39, 0.29) is 5.91 Å². The summed E-state index contributed by atoms with van der Waals surface area (Å²) in [6.07, 6.45) is 1.01. The van der Waals surface area contributed by atoms with Crippen LogP contribution in [0.1, 0.15) is 38.7 Å². The van der Waals surface area contributed by atoms with Crippen molar-refractivity contribution < 1.29 is 4.79 Å². The van der Waals surface area contributed by atoms with E-state index in [0.29, 0.717) is 5.92 Å². The van der Waals surface area contributed by atoms with Gasteiger partial charge in [-0.3, -0.25) is 4.79 Å². The monoisotopic (exact) mass is 317 g/mol. The van der Waals surface area contributed by atoms with Gasteiger partial charge in [-0.25, -0.2) is 4.98 Å². The lowest BCUT2D eigenvalue weighted by atomic mass is 10.0. The minimum Gasteiger partial charge on any atom is -0.346 e. The second-order valence-corrected chi connectivity index (χ2v) is 7.20. The summed E-state index contributed by atoms with van der Waals surface area (Å²) in [4.78, 5) is 20.7. The van der Waals surface area contributed by atoms with E-state index in [1.54, 1.807) is 18.3 Å². The van der Waals surface area contributed by atoms with Crippen LogP contribution in [0.5, 0.6) is 0 Å². The smallest absolute Gasteiger partial charge is 0.219 e. The number of hydrogen-bond donors (Lipinski definition) is 0. The zero-order valence-electron chi connectivity index (χ0n) is 13.5. The molecule has 1 aromatic carbocycles. The average molecular weight is 317 g/mol. The number of rotatable bonds is 2. The van der Waals surface area contributed by atoms with Crippen LogP contribution < -0.4 is 4.90 Å². The fourth-order valence-corrected chi connectivity index (χ4v) is 4.03. The van der Waals surface area contributed by atoms with Gasteiger partial charge in [0.1, 0.15) is 0 Å². The number of anilines is 1. The molecule has 1 saturated heterocycles. The third kappa shape index (κ3) is 2.95. The molecule has 1 fully saturated rings. The van der Waals surface area contributed by atoms with Gasteiger partial charge in [-0.1, -0.05) is 37.3 Å². The number of thiazole rings is 1. The Morgan fingerprint density at radius 1 is 1.23 bits per heavy atom. The van der Waals surface area contributed by atoms with Crippen molar-refractivity contribution >= 4 is 32.6 Å². The lowest BCUT2D eigenvalue weighted by Crippen LogP contribution is -2.33. The van der Waals surface area contributed by atoms with Crippen LogP contribution in [-0.2, 0) is 4.79 Å². The molecule has 0 atom stereocenters. The van der Waals surface area contributed by atoms with Crippen molar-refractivity contribution in [2.75, 3.05) is 31.1 Å². The molecule has 1 amide bonds. The molecule has 1 aromatic heterocycles. The standard InChI is InChI=1S/C17H23N3OS/c1-12(2)14-6-4-7-15-16(14)18-17(22-15)20-9-5-8-19(10-11-20)13(3)21/h4,6-7,12H,5,8-11H2,1-3H3. The summed E-state index contributed by atoms with van der Waals surface area (Å²) < 4.78 is 1.26. The molecule has 0 bridgehead atoms. The van der Waals surface area contributed by atoms with Crippen molar-refractivity contribution in [2.24, 2.45) is 0 Å². The Morgan fingerprint density at radius 2 is 2.05 bits per heavy atom. The number of nitrogens with zero attached hydrogens (tertiary/aromatic N) is 3. The average Bonchev–Trinajstić information content (AvgIpc) is 2.75. The van der Waals surface area contributed by atoms with Crippen LogP contribution in [0, 0.1) is 0 Å². The van der Waals surface area contributed by atoms with E-state index < -0.39 is 0 Å². The first kappa shape index (κ1) is 15.3. The molecule has 0 saturated carbocycles. The number of para-hydroxylation sites is 1. The van der Waals surface area contributed by atoms with Crippen LogP contribution in [0.3, 0.4) is 0 Å². The molecule has 2 aromatic rings. The van der Waals surface area contributed by atoms with Gasteiger partial charge < -0.3 is 9.80 Å². The number of amides is 1. The Morgan fingerprint density at radius 3 is 2.77 bits per heavy atom. The third-order valence-electron chi connectivity index (χ3n) is 4.27. The Labute approximate surface area is 135 Å². The van der Waals surface area contributed by atoms with E-state index in [1.165, 1.54) is 10.3 Å². The van der Waals surface area contributed by atoms with Crippen molar-refractivity contribution in [2.45, 2.75) is 33.1 Å². The van der Waals surface area contributed by atoms with Gasteiger partial charge in [0.25, 0.3) is 0 Å². The summed E-state index contributed by atoms with van der Waals surface area (Å²) >= 11 is 1.77. The number of benzene rings is 1. The first-order chi connectivity index (χ1) is 10.6. The lowest BCUT2D eigenvalue weighted by molar-refractivity contribution is -0.128. The highest BCUT2D eigenvalue weighted by atomic mass is 32.1. The van der Waals surface area contributed by atoms with Crippen LogP contribution in [-0.4, -0.2) is 42.0 Å². The number of fused-ring (bicyclic) bond motifs is 1. The van der Waals surface area contributed by atoms with Crippen LogP contribution in [0.25, 0.3) is 10.2 Å². The highest BCUT2D eigenvalue weighted by Gasteiger charge is 2.20. The highest BCUT2D eigenvalue weighted by molar-refractivity contribution is 7.22. The maximum Gasteiger partial charge on any atom is 0.219 e. The molecule has 3 rings (SSSR count). The van der Waals surface area contributed by atoms with Crippen molar-refractivity contribution in [3.05, 3.63) is 23.8 Å². The lowest BCUT2D eigenvalue weighted by Gasteiger charge is -2.20. The molecular formula is C17H23N3OS. The van der Waals surface area contributed by atoms with Crippen molar-refractivity contribution in [3.8, 4) is 0 Å². The molecular weight excluding hydrogens is 294 g/mol. The quantitative estimate of drug-likeness (QED) is 0.851. The van der Waals surface area contributed by atoms with Crippen LogP contribution in [0.2, 0.25) is 0 Å². The van der Waals surface area contributed by atoms with Gasteiger partial charge in [0.15, 0.2) is 5.13 Å². The van der Waals surface area contributed by atoms with Crippen LogP contribution in [0.4, 0.5) is 5.13 Å². The van der Waals surface area contributed by atoms with Crippen molar-refractivity contribution in [3.63, 3.8) is 0 Å². The molecule has 0 aliphatic carbocycles. The molecule has 0 radical (unpaired) electrons. The fraction of sp³-hybridized carbons (Fsp3) is 0.529. The summed E-state index contributed by atoms with van der Waals surface area (Å²) in [6, 6.07) is 6.46. The zero-order chi connectivity index (χ0) is 15.7. The number of carbonyl (C=O) groups is 1. The van der Waals surface area contributed by atoms with Gasteiger partial charge in [0.2, 0.25) is 5.91 Å². The predicted molar refractivity (Wildman–Crippen MR) is 92.8 cm³/mol. The maximum atomic E-state index is 11.5. The van der Waals surface area contributed by atoms with E-state index in [2.05, 4.69) is 36.9 Å². The minimum atomic E-state index is 0.174. The second-order valence-electron chi connectivity index (χ2n) is 6.19. The summed E-state index contributed by atoms with van der Waals surface area (Å²) in [5.41, 5.74) is 2.46. The van der Waals surface area contributed by atoms with Crippen molar-refractivity contribution in [1.82, 2.24) is 9.88 Å². The SMILES string of the molecule is CC(=O)N1CCCN(c2nc3c(C(C)C)cccc3s2)CC1. The molecule has 4 nitrogen and oxygen atoms in total. The van der Waals surface area contributed by atoms with Gasteiger partial charge in [-0.15, -0.1) is 0 Å². The summed E-state index contributed by atoms with van der Waals surface area (Å²) in [5.74, 6) is 0.657. The van der Waals surface area contributed by atoms with Gasteiger partial charge >= 0.3 is 0 Å². The fourth-order valence-electron chi connectivity index (χ4n) is 2.98. The summed E-state index contributed by atoms with van der Waals surface area (Å²) in [6.45, 7) is 9.57. The van der Waals surface area contributed by atoms with E-state index in [9.17, 15) is 4.79 Å². The van der Waals surface area contributed by atoms with Gasteiger partial charge in [0, 0.05) is 33.1 Å². The molecule has 22 heavy (non-hydrogen) atoms. The maximum absolute atomic E-state index is 11.5. The number of carbonyl (C=O) groups excluding carboxylic acids is 1. The van der Waals surface area contributed by atoms with Crippen molar-refractivity contribution in [1.29, 1.82) is 0 Å². The Bertz CT molecular complexity index is 680. The van der Waals surface area contributed by atoms with E-state index in [0.717, 1.165) is 43.2 Å². The predicted octanol–water partition coefficient (Wildman–Crippen LogP) is 3.48. The zero-order valence-corrected chi connectivity index (χ0v) is 14.3. The molecule has 5 heteroatoms. The Hall–Kier alpha value is -1.62. The summed E-state index contributed by atoms with van der Waals surface area (Å²) in [7, 11) is 0. The molecule has 0 N–H and O–H groups in total. The van der Waals surface area contributed by atoms with Crippen LogP contribution in [0.15, 0.2) is 18.2 Å². The Balaban J connectivity index is 1.87. The van der Waals surface area contributed by atoms with Gasteiger partial charge in [0.05, 0.1) is 10.2 Å². The van der Waals surface area contributed by atoms with Crippen LogP contribution >= 0.6 is 11.3 Å². The van der Waals surface area contributed by atoms with E-state index >= 15 is 0 Å². The molecule has 1 aliphatic rings. The molecule has 2 heterocycles. The molecule has 118 valence electrons. The largest absolute Gasteiger partial charge is 0.346 e. The van der Waals surface area contributed by atoms with Gasteiger partial charge in [-0.05, 0) is 24.0 Å². The third-order valence-corrected chi connectivity index (χ3v) is 5.35. The summed E-state index contributed by atoms with van der Waals surface area (Å²) in [5, 5.41) is 1.09. The Kier molecular flexibility index (Phi) is 4.34. The molecule has 0 spiro atoms. The number of aromatic nitrogens is 1. The van der Waals surface area contributed by atoms with Gasteiger partial charge in [-0.2, -0.15) is 0 Å². The van der Waals surface area contributed by atoms with E-state index in [1.807, 2.05) is 4.90 Å². The topological polar surface area (TPSA) is 36.4 Å². The van der Waals surface area contributed by atoms with E-state index in [4.69, 9.17) is 4.98 Å². The first-order valence-corrected chi connectivity index (χ1v) is 8.78. The second kappa shape index (κ2) is 6.24. The molecule has 0 unspecified atom stereocenters. The minimum absolute atomic E-state index is 0.174. The highest BCUT2D eigenvalue weighted by Crippen LogP contribution is 2.33. The number of hydrogen-bond acceptors (Lipinski definition) is 4.